The van der Waals surface area contributed by atoms with Gasteiger partial charge in [0, 0.05) is 12.1 Å². The Labute approximate surface area is 145 Å². The number of hydrogen-bond acceptors (Lipinski definition) is 5. The van der Waals surface area contributed by atoms with Crippen LogP contribution < -0.4 is 10.6 Å². The third kappa shape index (κ3) is 5.38. The lowest BCUT2D eigenvalue weighted by atomic mass is 10.2. The van der Waals surface area contributed by atoms with E-state index in [4.69, 9.17) is 17.0 Å². The Morgan fingerprint density at radius 3 is 2.79 bits per heavy atom. The van der Waals surface area contributed by atoms with Crippen molar-refractivity contribution in [2.45, 2.75) is 18.6 Å². The number of ether oxygens (including phenoxy) is 1. The highest BCUT2D eigenvalue weighted by Gasteiger charge is 2.30. The second-order valence-electron chi connectivity index (χ2n) is 4.86. The number of cyclic esters (lactones) is 1. The minimum atomic E-state index is -4.48. The molecule has 5 nitrogen and oxygen atoms in total. The van der Waals surface area contributed by atoms with Gasteiger partial charge in [-0.2, -0.15) is 13.2 Å². The van der Waals surface area contributed by atoms with Crippen LogP contribution in [0.15, 0.2) is 24.3 Å². The number of thiocarbonyl (C=S) groups is 1. The van der Waals surface area contributed by atoms with E-state index in [1.807, 2.05) is 0 Å². The number of thioether (sulfide) groups is 1. The molecule has 1 saturated heterocycles. The van der Waals surface area contributed by atoms with Crippen molar-refractivity contribution in [2.75, 3.05) is 17.7 Å². The molecular formula is C14H13F3N2O3S2. The van der Waals surface area contributed by atoms with Gasteiger partial charge < -0.3 is 15.4 Å². The van der Waals surface area contributed by atoms with Crippen molar-refractivity contribution in [1.82, 2.24) is 5.32 Å². The van der Waals surface area contributed by atoms with Crippen molar-refractivity contribution >= 4 is 45.9 Å². The second kappa shape index (κ2) is 7.84. The van der Waals surface area contributed by atoms with Crippen LogP contribution in [0.3, 0.4) is 0 Å². The molecule has 2 rings (SSSR count). The monoisotopic (exact) mass is 378 g/mol. The third-order valence-corrected chi connectivity index (χ3v) is 4.29. The smallest absolute Gasteiger partial charge is 0.416 e. The molecule has 1 amide bonds. The molecule has 2 N–H and O–H groups in total. The Morgan fingerprint density at radius 1 is 1.42 bits per heavy atom. The van der Waals surface area contributed by atoms with E-state index in [0.29, 0.717) is 13.0 Å². The van der Waals surface area contributed by atoms with Crippen LogP contribution in [0.25, 0.3) is 0 Å². The molecule has 0 spiro atoms. The molecule has 1 aromatic carbocycles. The van der Waals surface area contributed by atoms with Gasteiger partial charge in [-0.15, -0.1) is 0 Å². The topological polar surface area (TPSA) is 67.4 Å². The molecule has 0 bridgehead atoms. The predicted octanol–water partition coefficient (Wildman–Crippen LogP) is 2.57. The fourth-order valence-corrected chi connectivity index (χ4v) is 2.79. The van der Waals surface area contributed by atoms with Crippen molar-refractivity contribution < 1.29 is 27.5 Å². The maximum Gasteiger partial charge on any atom is 0.416 e. The molecule has 24 heavy (non-hydrogen) atoms. The number of alkyl halides is 3. The Bertz CT molecular complexity index is 652. The molecule has 1 heterocycles. The number of anilines is 1. The average molecular weight is 378 g/mol. The molecule has 0 saturated carbocycles. The van der Waals surface area contributed by atoms with Crippen molar-refractivity contribution in [2.24, 2.45) is 0 Å². The third-order valence-electron chi connectivity index (χ3n) is 3.04. The highest BCUT2D eigenvalue weighted by molar-refractivity contribution is 8.23. The highest BCUT2D eigenvalue weighted by Crippen LogP contribution is 2.30. The molecule has 10 heteroatoms. The van der Waals surface area contributed by atoms with Crippen LogP contribution in [-0.2, 0) is 20.5 Å². The molecule has 0 aromatic heterocycles. The Hall–Kier alpha value is -1.81. The quantitative estimate of drug-likeness (QED) is 0.620. The number of esters is 1. The van der Waals surface area contributed by atoms with Crippen LogP contribution in [0.5, 0.6) is 0 Å². The molecule has 0 aliphatic carbocycles. The normalized spacial score (nSPS) is 17.3. The van der Waals surface area contributed by atoms with Gasteiger partial charge in [-0.3, -0.25) is 4.79 Å². The molecule has 0 unspecified atom stereocenters. The summed E-state index contributed by atoms with van der Waals surface area (Å²) in [5.74, 6) is -0.993. The van der Waals surface area contributed by atoms with E-state index in [2.05, 4.69) is 10.6 Å². The minimum Gasteiger partial charge on any atom is -0.464 e. The molecule has 0 radical (unpaired) electrons. The zero-order valence-electron chi connectivity index (χ0n) is 12.2. The zero-order valence-corrected chi connectivity index (χ0v) is 13.8. The van der Waals surface area contributed by atoms with E-state index < -0.39 is 29.7 Å². The summed E-state index contributed by atoms with van der Waals surface area (Å²) in [5, 5.41) is 5.14. The molecule has 1 aliphatic heterocycles. The number of rotatable bonds is 4. The van der Waals surface area contributed by atoms with E-state index in [1.54, 1.807) is 0 Å². The average Bonchev–Trinajstić information content (AvgIpc) is 2.90. The van der Waals surface area contributed by atoms with Gasteiger partial charge in [0.2, 0.25) is 5.91 Å². The van der Waals surface area contributed by atoms with Crippen LogP contribution >= 0.6 is 24.0 Å². The summed E-state index contributed by atoms with van der Waals surface area (Å²) in [7, 11) is 0. The Balaban J connectivity index is 1.81. The predicted molar refractivity (Wildman–Crippen MR) is 87.6 cm³/mol. The van der Waals surface area contributed by atoms with Gasteiger partial charge in [-0.1, -0.05) is 30.0 Å². The maximum absolute atomic E-state index is 12.6. The van der Waals surface area contributed by atoms with E-state index in [1.165, 1.54) is 12.1 Å². The van der Waals surface area contributed by atoms with Gasteiger partial charge in [0.05, 0.1) is 17.9 Å². The van der Waals surface area contributed by atoms with E-state index in [-0.39, 0.29) is 15.8 Å². The molecule has 1 aliphatic rings. The second-order valence-corrected chi connectivity index (χ2v) is 6.51. The summed E-state index contributed by atoms with van der Waals surface area (Å²) in [4.78, 5) is 23.1. The zero-order chi connectivity index (χ0) is 17.7. The molecular weight excluding hydrogens is 365 g/mol. The molecule has 1 aromatic rings. The summed E-state index contributed by atoms with van der Waals surface area (Å²) in [5.41, 5.74) is -0.793. The number of halogens is 3. The SMILES string of the molecule is O=C(CSC(=S)N[C@H]1CCOC1=O)Nc1cccc(C(F)(F)F)c1. The fraction of sp³-hybridized carbons (Fsp3) is 0.357. The fourth-order valence-electron chi connectivity index (χ4n) is 1.91. The van der Waals surface area contributed by atoms with Crippen LogP contribution in [0, 0.1) is 0 Å². The number of benzene rings is 1. The van der Waals surface area contributed by atoms with Crippen molar-refractivity contribution in [3.63, 3.8) is 0 Å². The van der Waals surface area contributed by atoms with E-state index in [9.17, 15) is 22.8 Å². The van der Waals surface area contributed by atoms with Gasteiger partial charge in [0.25, 0.3) is 0 Å². The van der Waals surface area contributed by atoms with Crippen molar-refractivity contribution in [3.05, 3.63) is 29.8 Å². The first-order chi connectivity index (χ1) is 11.3. The van der Waals surface area contributed by atoms with E-state index >= 15 is 0 Å². The van der Waals surface area contributed by atoms with Crippen molar-refractivity contribution in [1.29, 1.82) is 0 Å². The van der Waals surface area contributed by atoms with Gasteiger partial charge in [-0.25, -0.2) is 4.79 Å². The Morgan fingerprint density at radius 2 is 2.17 bits per heavy atom. The lowest BCUT2D eigenvalue weighted by molar-refractivity contribution is -0.139. The first-order valence-corrected chi connectivity index (χ1v) is 8.22. The van der Waals surface area contributed by atoms with Crippen LogP contribution in [0.4, 0.5) is 18.9 Å². The van der Waals surface area contributed by atoms with Gasteiger partial charge in [0.1, 0.15) is 10.4 Å². The molecule has 1 fully saturated rings. The van der Waals surface area contributed by atoms with Gasteiger partial charge in [0.15, 0.2) is 0 Å². The molecule has 1 atom stereocenters. The summed E-state index contributed by atoms with van der Waals surface area (Å²) < 4.78 is 42.8. The number of nitrogens with one attached hydrogen (secondary N) is 2. The first kappa shape index (κ1) is 18.5. The highest BCUT2D eigenvalue weighted by atomic mass is 32.2. The van der Waals surface area contributed by atoms with Crippen LogP contribution in [-0.4, -0.2) is 34.6 Å². The largest absolute Gasteiger partial charge is 0.464 e. The summed E-state index contributed by atoms with van der Waals surface area (Å²) >= 11 is 5.99. The summed E-state index contributed by atoms with van der Waals surface area (Å²) in [6.45, 7) is 0.319. The van der Waals surface area contributed by atoms with E-state index in [0.717, 1.165) is 23.9 Å². The lowest BCUT2D eigenvalue weighted by Crippen LogP contribution is -2.36. The van der Waals surface area contributed by atoms with Crippen LogP contribution in [0.2, 0.25) is 0 Å². The number of amides is 1. The number of carbonyl (C=O) groups is 2. The number of carbonyl (C=O) groups excluding carboxylic acids is 2. The standard InChI is InChI=1S/C14H13F3N2O3S2/c15-14(16,17)8-2-1-3-9(6-8)18-11(20)7-24-13(23)19-10-4-5-22-12(10)21/h1-3,6,10H,4-5,7H2,(H,18,20)(H,19,23)/t10-/m0/s1. The van der Waals surface area contributed by atoms with Crippen molar-refractivity contribution in [3.8, 4) is 0 Å². The first-order valence-electron chi connectivity index (χ1n) is 6.83. The number of hydrogen-bond donors (Lipinski definition) is 2. The Kier molecular flexibility index (Phi) is 6.05. The summed E-state index contributed by atoms with van der Waals surface area (Å²) in [6, 6.07) is 3.83. The lowest BCUT2D eigenvalue weighted by Gasteiger charge is -2.12. The van der Waals surface area contributed by atoms with Gasteiger partial charge in [-0.05, 0) is 18.2 Å². The molecule has 130 valence electrons. The minimum absolute atomic E-state index is 0.0497. The van der Waals surface area contributed by atoms with Crippen LogP contribution in [0.1, 0.15) is 12.0 Å². The maximum atomic E-state index is 12.6. The summed E-state index contributed by atoms with van der Waals surface area (Å²) in [6.07, 6.45) is -3.98. The van der Waals surface area contributed by atoms with Gasteiger partial charge >= 0.3 is 12.1 Å².